The van der Waals surface area contributed by atoms with Crippen LogP contribution in [-0.4, -0.2) is 45.2 Å². The highest BCUT2D eigenvalue weighted by Crippen LogP contribution is 2.43. The van der Waals surface area contributed by atoms with Crippen molar-refractivity contribution in [1.29, 1.82) is 0 Å². The molecule has 7 nitrogen and oxygen atoms in total. The summed E-state index contributed by atoms with van der Waals surface area (Å²) in [5.41, 5.74) is 0. The molecule has 3 unspecified atom stereocenters. The molecule has 1 aromatic carbocycles. The molecule has 0 N–H and O–H groups in total. The van der Waals surface area contributed by atoms with Gasteiger partial charge in [-0.15, -0.1) is 0 Å². The van der Waals surface area contributed by atoms with E-state index in [1.54, 1.807) is 0 Å². The van der Waals surface area contributed by atoms with Crippen molar-refractivity contribution in [2.45, 2.75) is 183 Å². The predicted molar refractivity (Wildman–Crippen MR) is 218 cm³/mol. The Labute approximate surface area is 318 Å². The first kappa shape index (κ1) is 48.7. The summed E-state index contributed by atoms with van der Waals surface area (Å²) in [4.78, 5) is 0. The van der Waals surface area contributed by atoms with Crippen molar-refractivity contribution in [3.63, 3.8) is 0 Å². The van der Waals surface area contributed by atoms with E-state index in [-0.39, 0.29) is 12.2 Å². The van der Waals surface area contributed by atoms with Crippen molar-refractivity contribution in [2.75, 3.05) is 33.0 Å². The Morgan fingerprint density at radius 2 is 0.784 bits per heavy atom. The SMILES string of the molecule is CC(C)CCCCCCCOP(OCCCCCCCC(C)C)OC(C)COCC(C)OP(OCCCCCCCC(C)C)Oc1ccccc1. The van der Waals surface area contributed by atoms with E-state index >= 15 is 0 Å². The minimum absolute atomic E-state index is 0.158. The fraction of sp³-hybridized carbons (Fsp3) is 0.857. The lowest BCUT2D eigenvalue weighted by atomic mass is 10.0. The topological polar surface area (TPSA) is 64.6 Å². The molecule has 0 aliphatic heterocycles. The molecule has 1 aromatic rings. The molecule has 300 valence electrons. The molecule has 0 amide bonds. The minimum Gasteiger partial charge on any atom is -0.427 e. The van der Waals surface area contributed by atoms with Crippen LogP contribution < -0.4 is 4.52 Å². The summed E-state index contributed by atoms with van der Waals surface area (Å²) in [7, 11) is -2.95. The summed E-state index contributed by atoms with van der Waals surface area (Å²) in [6.45, 7) is 20.6. The van der Waals surface area contributed by atoms with Crippen LogP contribution in [-0.2, 0) is 27.4 Å². The van der Waals surface area contributed by atoms with Crippen LogP contribution in [0.15, 0.2) is 30.3 Å². The number of rotatable bonds is 37. The molecule has 1 rings (SSSR count). The van der Waals surface area contributed by atoms with Crippen LogP contribution in [0.2, 0.25) is 0 Å². The van der Waals surface area contributed by atoms with Crippen LogP contribution in [0.5, 0.6) is 5.75 Å². The highest BCUT2D eigenvalue weighted by atomic mass is 31.2. The smallest absolute Gasteiger partial charge is 0.397 e. The van der Waals surface area contributed by atoms with Gasteiger partial charge in [-0.25, -0.2) is 0 Å². The molecule has 0 radical (unpaired) electrons. The zero-order valence-corrected chi connectivity index (χ0v) is 36.1. The van der Waals surface area contributed by atoms with Gasteiger partial charge in [0.1, 0.15) is 5.75 Å². The van der Waals surface area contributed by atoms with E-state index in [0.29, 0.717) is 33.0 Å². The standard InChI is InChI=1S/C42H80O7P2/c1-37(2)27-19-12-9-15-24-32-44-50(45-33-25-16-10-13-20-28-38(3)4)47-40(7)35-43-36-41(8)48-51(49-42-30-22-18-23-31-42)46-34-26-17-11-14-21-29-39(5)6/h18,22-23,30-31,37-41H,9-17,19-21,24-29,32-36H2,1-8H3. The van der Waals surface area contributed by atoms with Gasteiger partial charge >= 0.3 is 17.2 Å². The van der Waals surface area contributed by atoms with Crippen molar-refractivity contribution < 1.29 is 31.9 Å². The Kier molecular flexibility index (Phi) is 32.6. The summed E-state index contributed by atoms with van der Waals surface area (Å²) in [5, 5.41) is 0. The second kappa shape index (κ2) is 34.2. The average molecular weight is 759 g/mol. The summed E-state index contributed by atoms with van der Waals surface area (Å²) in [6, 6.07) is 9.76. The number of benzene rings is 1. The van der Waals surface area contributed by atoms with E-state index in [2.05, 4.69) is 41.5 Å². The fourth-order valence-corrected chi connectivity index (χ4v) is 7.66. The lowest BCUT2D eigenvalue weighted by molar-refractivity contribution is 0.00638. The van der Waals surface area contributed by atoms with Gasteiger partial charge < -0.3 is 27.4 Å². The quantitative estimate of drug-likeness (QED) is 0.0494. The maximum atomic E-state index is 6.26. The highest BCUT2D eigenvalue weighted by Gasteiger charge is 2.21. The van der Waals surface area contributed by atoms with Gasteiger partial charge in [-0.2, -0.15) is 0 Å². The molecule has 3 atom stereocenters. The summed E-state index contributed by atoms with van der Waals surface area (Å²) >= 11 is 0. The zero-order valence-electron chi connectivity index (χ0n) is 34.3. The molecule has 0 saturated heterocycles. The van der Waals surface area contributed by atoms with E-state index in [9.17, 15) is 0 Å². The average Bonchev–Trinajstić information content (AvgIpc) is 3.08. The van der Waals surface area contributed by atoms with Crippen LogP contribution >= 0.6 is 17.2 Å². The van der Waals surface area contributed by atoms with E-state index < -0.39 is 17.2 Å². The van der Waals surface area contributed by atoms with Gasteiger partial charge in [0.05, 0.1) is 45.2 Å². The second-order valence-electron chi connectivity index (χ2n) is 15.6. The molecular formula is C42H80O7P2. The van der Waals surface area contributed by atoms with Gasteiger partial charge in [-0.3, -0.25) is 4.52 Å². The molecule has 0 aliphatic rings. The van der Waals surface area contributed by atoms with Crippen molar-refractivity contribution in [1.82, 2.24) is 0 Å². The number of hydrogen-bond acceptors (Lipinski definition) is 7. The van der Waals surface area contributed by atoms with E-state index in [1.165, 1.54) is 89.9 Å². The molecular weight excluding hydrogens is 678 g/mol. The van der Waals surface area contributed by atoms with Crippen LogP contribution in [0.25, 0.3) is 0 Å². The van der Waals surface area contributed by atoms with Crippen molar-refractivity contribution in [3.05, 3.63) is 30.3 Å². The molecule has 0 heterocycles. The van der Waals surface area contributed by atoms with Crippen molar-refractivity contribution in [3.8, 4) is 5.75 Å². The lowest BCUT2D eigenvalue weighted by Crippen LogP contribution is -2.21. The first-order valence-corrected chi connectivity index (χ1v) is 23.0. The third kappa shape index (κ3) is 32.8. The van der Waals surface area contributed by atoms with Crippen LogP contribution in [0.3, 0.4) is 0 Å². The zero-order chi connectivity index (χ0) is 37.4. The highest BCUT2D eigenvalue weighted by molar-refractivity contribution is 7.42. The maximum Gasteiger partial charge on any atom is 0.397 e. The monoisotopic (exact) mass is 759 g/mol. The molecule has 0 aromatic heterocycles. The molecule has 0 bridgehead atoms. The van der Waals surface area contributed by atoms with Gasteiger partial charge in [0.25, 0.3) is 0 Å². The lowest BCUT2D eigenvalue weighted by Gasteiger charge is -2.23. The Morgan fingerprint density at radius 3 is 1.20 bits per heavy atom. The first-order chi connectivity index (χ1) is 24.7. The molecule has 0 spiro atoms. The first-order valence-electron chi connectivity index (χ1n) is 20.8. The largest absolute Gasteiger partial charge is 0.427 e. The number of para-hydroxylation sites is 1. The van der Waals surface area contributed by atoms with E-state index in [4.69, 9.17) is 31.9 Å². The van der Waals surface area contributed by atoms with E-state index in [1.807, 2.05) is 44.2 Å². The third-order valence-electron chi connectivity index (χ3n) is 8.53. The molecule has 0 saturated carbocycles. The van der Waals surface area contributed by atoms with Gasteiger partial charge in [0, 0.05) is 0 Å². The normalized spacial score (nSPS) is 13.9. The molecule has 0 aliphatic carbocycles. The van der Waals surface area contributed by atoms with Gasteiger partial charge in [0.15, 0.2) is 0 Å². The van der Waals surface area contributed by atoms with E-state index in [0.717, 1.165) is 49.2 Å². The molecule has 0 fully saturated rings. The Balaban J connectivity index is 2.45. The van der Waals surface area contributed by atoms with Gasteiger partial charge in [-0.1, -0.05) is 156 Å². The predicted octanol–water partition coefficient (Wildman–Crippen LogP) is 14.4. The second-order valence-corrected chi connectivity index (χ2v) is 17.8. The van der Waals surface area contributed by atoms with Crippen LogP contribution in [0, 0.1) is 17.8 Å². The van der Waals surface area contributed by atoms with Gasteiger partial charge in [-0.05, 0) is 63.0 Å². The Hall–Kier alpha value is -0.360. The third-order valence-corrected chi connectivity index (χ3v) is 11.1. The number of ether oxygens (including phenoxy) is 1. The number of unbranched alkanes of at least 4 members (excludes halogenated alkanes) is 12. The van der Waals surface area contributed by atoms with Crippen LogP contribution in [0.1, 0.15) is 171 Å². The Morgan fingerprint density at radius 1 is 0.431 bits per heavy atom. The Bertz CT molecular complexity index is 837. The minimum atomic E-state index is -1.54. The molecule has 51 heavy (non-hydrogen) atoms. The van der Waals surface area contributed by atoms with Crippen molar-refractivity contribution >= 4 is 17.2 Å². The van der Waals surface area contributed by atoms with Crippen molar-refractivity contribution in [2.24, 2.45) is 17.8 Å². The van der Waals surface area contributed by atoms with Gasteiger partial charge in [0.2, 0.25) is 0 Å². The summed E-state index contributed by atoms with van der Waals surface area (Å²) in [5.74, 6) is 3.12. The summed E-state index contributed by atoms with van der Waals surface area (Å²) in [6.07, 6.45) is 21.8. The summed E-state index contributed by atoms with van der Waals surface area (Å²) < 4.78 is 43.1. The fourth-order valence-electron chi connectivity index (χ4n) is 5.47. The maximum absolute atomic E-state index is 6.26. The number of hydrogen-bond donors (Lipinski definition) is 0. The molecule has 9 heteroatoms. The van der Waals surface area contributed by atoms with Crippen LogP contribution in [0.4, 0.5) is 0 Å².